The smallest absolute Gasteiger partial charge is 0.339 e. The van der Waals surface area contributed by atoms with Gasteiger partial charge in [-0.15, -0.1) is 11.3 Å². The third-order valence-corrected chi connectivity index (χ3v) is 10.1. The molecule has 6 nitrogen and oxygen atoms in total. The molecule has 1 aromatic heterocycles. The molecule has 4 atom stereocenters. The summed E-state index contributed by atoms with van der Waals surface area (Å²) in [5.74, 6) is 1.32. The van der Waals surface area contributed by atoms with Crippen LogP contribution in [0.2, 0.25) is 0 Å². The lowest BCUT2D eigenvalue weighted by Gasteiger charge is -2.62. The third kappa shape index (κ3) is 4.01. The molecule has 1 unspecified atom stereocenters. The molecule has 2 bridgehead atoms. The summed E-state index contributed by atoms with van der Waals surface area (Å²) in [5, 5.41) is 15.3. The van der Waals surface area contributed by atoms with Gasteiger partial charge in [-0.1, -0.05) is 32.0 Å². The minimum Gasteiger partial charge on any atom is -0.396 e. The van der Waals surface area contributed by atoms with Gasteiger partial charge in [0.15, 0.2) is 0 Å². The summed E-state index contributed by atoms with van der Waals surface area (Å²) in [6, 6.07) is 13.0. The Morgan fingerprint density at radius 1 is 1.18 bits per heavy atom. The Morgan fingerprint density at radius 2 is 1.94 bits per heavy atom. The van der Waals surface area contributed by atoms with Crippen LogP contribution in [-0.4, -0.2) is 32.1 Å². The molecule has 34 heavy (non-hydrogen) atoms. The largest absolute Gasteiger partial charge is 0.396 e. The molecule has 2 aromatic carbocycles. The van der Waals surface area contributed by atoms with Crippen LogP contribution < -0.4 is 9.50 Å². The number of hydrogen-bond donors (Lipinski definition) is 2. The maximum Gasteiger partial charge on any atom is 0.339 e. The van der Waals surface area contributed by atoms with Gasteiger partial charge in [0.1, 0.15) is 10.6 Å². The van der Waals surface area contributed by atoms with Crippen LogP contribution >= 0.6 is 11.3 Å². The van der Waals surface area contributed by atoms with Crippen molar-refractivity contribution in [1.82, 2.24) is 5.32 Å². The molecule has 2 N–H and O–H groups in total. The predicted molar refractivity (Wildman–Crippen MR) is 133 cm³/mol. The molecule has 0 spiro atoms. The van der Waals surface area contributed by atoms with Gasteiger partial charge in [0, 0.05) is 28.1 Å². The number of fused-ring (bicyclic) bond motifs is 3. The van der Waals surface area contributed by atoms with E-state index in [1.165, 1.54) is 23.5 Å². The highest BCUT2D eigenvalue weighted by atomic mass is 32.2. The summed E-state index contributed by atoms with van der Waals surface area (Å²) in [4.78, 5) is 13.5. The highest BCUT2D eigenvalue weighted by Crippen LogP contribution is 2.61. The van der Waals surface area contributed by atoms with Crippen molar-refractivity contribution in [3.63, 3.8) is 0 Å². The molecule has 3 saturated carbocycles. The predicted octanol–water partition coefficient (Wildman–Crippen LogP) is 4.83. The summed E-state index contributed by atoms with van der Waals surface area (Å²) in [5.41, 5.74) is 0.706. The molecule has 3 aromatic rings. The topological polar surface area (TPSA) is 92.7 Å². The van der Waals surface area contributed by atoms with Gasteiger partial charge in [0.2, 0.25) is 0 Å². The molecule has 3 aliphatic carbocycles. The first kappa shape index (κ1) is 23.3. The van der Waals surface area contributed by atoms with Gasteiger partial charge in [-0.05, 0) is 72.8 Å². The van der Waals surface area contributed by atoms with Gasteiger partial charge in [-0.3, -0.25) is 4.79 Å². The van der Waals surface area contributed by atoms with Gasteiger partial charge < -0.3 is 14.6 Å². The quantitative estimate of drug-likeness (QED) is 0.454. The zero-order chi connectivity index (χ0) is 24.1. The summed E-state index contributed by atoms with van der Waals surface area (Å²) in [6.07, 6.45) is 2.82. The molecular weight excluding hydrogens is 470 g/mol. The van der Waals surface area contributed by atoms with Crippen LogP contribution in [0.15, 0.2) is 58.8 Å². The zero-order valence-corrected chi connectivity index (χ0v) is 20.9. The Morgan fingerprint density at radius 3 is 2.65 bits per heavy atom. The number of thiophene rings is 1. The average molecular weight is 500 g/mol. The Bertz CT molecular complexity index is 1320. The van der Waals surface area contributed by atoms with E-state index in [9.17, 15) is 18.3 Å². The van der Waals surface area contributed by atoms with Crippen molar-refractivity contribution < 1.29 is 22.5 Å². The summed E-state index contributed by atoms with van der Waals surface area (Å²) in [7, 11) is -3.97. The van der Waals surface area contributed by atoms with Crippen LogP contribution in [0.5, 0.6) is 5.75 Å². The van der Waals surface area contributed by atoms with E-state index < -0.39 is 10.1 Å². The Kier molecular flexibility index (Phi) is 5.94. The maximum atomic E-state index is 13.4. The number of nitrogens with one attached hydrogen (secondary N) is 1. The average Bonchev–Trinajstić information content (AvgIpc) is 3.23. The maximum absolute atomic E-state index is 13.4. The lowest BCUT2D eigenvalue weighted by Crippen LogP contribution is -2.63. The molecule has 1 amide bonds. The van der Waals surface area contributed by atoms with E-state index in [1.807, 2.05) is 5.38 Å². The van der Waals surface area contributed by atoms with Gasteiger partial charge in [-0.25, -0.2) is 0 Å². The number of benzene rings is 2. The first-order valence-electron chi connectivity index (χ1n) is 11.6. The van der Waals surface area contributed by atoms with Crippen molar-refractivity contribution >= 4 is 37.4 Å². The molecule has 8 heteroatoms. The summed E-state index contributed by atoms with van der Waals surface area (Å²) >= 11 is 1.44. The molecule has 180 valence electrons. The Balaban J connectivity index is 1.40. The highest BCUT2D eigenvalue weighted by molar-refractivity contribution is 7.87. The van der Waals surface area contributed by atoms with Crippen LogP contribution in [0.25, 0.3) is 10.1 Å². The van der Waals surface area contributed by atoms with E-state index >= 15 is 0 Å². The van der Waals surface area contributed by atoms with E-state index in [0.717, 1.165) is 17.5 Å². The van der Waals surface area contributed by atoms with E-state index in [-0.39, 0.29) is 40.5 Å². The SMILES string of the molecule is CC1(C)[C@@H]2C[C@H](CCO)C(NC(=O)c3csc4ccc(OS(=O)(=O)c5ccccc5)cc34)[C@H]1C2. The number of rotatable bonds is 7. The second-order valence-corrected chi connectivity index (χ2v) is 12.5. The van der Waals surface area contributed by atoms with Gasteiger partial charge in [0.25, 0.3) is 5.91 Å². The van der Waals surface area contributed by atoms with Crippen LogP contribution in [-0.2, 0) is 10.1 Å². The zero-order valence-electron chi connectivity index (χ0n) is 19.2. The number of aliphatic hydroxyl groups is 1. The standard InChI is InChI=1S/C26H29NO5S2/c1-26(2)17-12-16(10-11-28)24(22(26)13-17)27-25(29)21-15-33-23-9-8-18(14-20(21)23)32-34(30,31)19-6-4-3-5-7-19/h3-9,14-17,22,24,28H,10-13H2,1-2H3,(H,27,29)/t16-,17+,22+,24?/m0/s1. The van der Waals surface area contributed by atoms with Crippen molar-refractivity contribution in [3.05, 3.63) is 59.5 Å². The Labute approximate surface area is 204 Å². The van der Waals surface area contributed by atoms with Crippen LogP contribution in [0.1, 0.15) is 43.5 Å². The van der Waals surface area contributed by atoms with E-state index in [1.54, 1.807) is 36.4 Å². The van der Waals surface area contributed by atoms with Crippen molar-refractivity contribution in [2.24, 2.45) is 23.2 Å². The van der Waals surface area contributed by atoms with E-state index in [2.05, 4.69) is 19.2 Å². The number of hydrogen-bond acceptors (Lipinski definition) is 6. The van der Waals surface area contributed by atoms with Crippen molar-refractivity contribution in [1.29, 1.82) is 0 Å². The number of carbonyl (C=O) groups is 1. The number of carbonyl (C=O) groups excluding carboxylic acids is 1. The third-order valence-electron chi connectivity index (χ3n) is 7.90. The molecule has 0 saturated heterocycles. The fourth-order valence-electron chi connectivity index (χ4n) is 5.81. The van der Waals surface area contributed by atoms with Crippen molar-refractivity contribution in [2.45, 2.75) is 44.0 Å². The van der Waals surface area contributed by atoms with Crippen molar-refractivity contribution in [3.8, 4) is 5.75 Å². The molecule has 3 aliphatic rings. The molecular formula is C26H29NO5S2. The normalized spacial score (nSPS) is 25.5. The molecule has 1 heterocycles. The number of aliphatic hydroxyl groups excluding tert-OH is 1. The monoisotopic (exact) mass is 499 g/mol. The first-order valence-corrected chi connectivity index (χ1v) is 13.9. The van der Waals surface area contributed by atoms with Gasteiger partial charge in [-0.2, -0.15) is 8.42 Å². The van der Waals surface area contributed by atoms with Gasteiger partial charge in [0.05, 0.1) is 5.56 Å². The molecule has 6 rings (SSSR count). The van der Waals surface area contributed by atoms with Crippen LogP contribution in [0.3, 0.4) is 0 Å². The molecule has 3 fully saturated rings. The summed E-state index contributed by atoms with van der Waals surface area (Å²) < 4.78 is 31.5. The van der Waals surface area contributed by atoms with Crippen LogP contribution in [0.4, 0.5) is 0 Å². The highest BCUT2D eigenvalue weighted by Gasteiger charge is 2.57. The lowest BCUT2D eigenvalue weighted by atomic mass is 9.44. The Hall–Kier alpha value is -2.42. The fraction of sp³-hybridized carbons (Fsp3) is 0.423. The van der Waals surface area contributed by atoms with Crippen LogP contribution in [0, 0.1) is 23.2 Å². The van der Waals surface area contributed by atoms with Gasteiger partial charge >= 0.3 is 10.1 Å². The summed E-state index contributed by atoms with van der Waals surface area (Å²) in [6.45, 7) is 4.67. The van der Waals surface area contributed by atoms with E-state index in [4.69, 9.17) is 4.18 Å². The molecule has 0 aliphatic heterocycles. The fourth-order valence-corrected chi connectivity index (χ4v) is 7.68. The first-order chi connectivity index (χ1) is 16.2. The minimum atomic E-state index is -3.97. The second kappa shape index (κ2) is 8.66. The molecule has 0 radical (unpaired) electrons. The second-order valence-electron chi connectivity index (χ2n) is 10.0. The lowest BCUT2D eigenvalue weighted by molar-refractivity contribution is -0.114. The number of amides is 1. The minimum absolute atomic E-state index is 0.0208. The van der Waals surface area contributed by atoms with Crippen molar-refractivity contribution in [2.75, 3.05) is 6.61 Å². The van der Waals surface area contributed by atoms with E-state index in [0.29, 0.717) is 29.2 Å².